The summed E-state index contributed by atoms with van der Waals surface area (Å²) in [6, 6.07) is 3.69. The molecule has 9 heteroatoms. The number of amides is 2. The van der Waals surface area contributed by atoms with E-state index in [0.29, 0.717) is 26.2 Å². The van der Waals surface area contributed by atoms with Crippen molar-refractivity contribution in [2.24, 2.45) is 0 Å². The molecule has 2 aromatic rings. The first kappa shape index (κ1) is 13.7. The van der Waals surface area contributed by atoms with E-state index in [2.05, 4.69) is 15.5 Å². The number of carbonyl (C=O) groups excluding carboxylic acids is 2. The molecule has 0 unspecified atom stereocenters. The minimum Gasteiger partial charge on any atom is -0.338 e. The second-order valence-corrected chi connectivity index (χ2v) is 5.61. The van der Waals surface area contributed by atoms with Crippen molar-refractivity contribution in [3.05, 3.63) is 28.7 Å². The molecule has 1 fully saturated rings. The molecular formula is C12H14N6O2S. The van der Waals surface area contributed by atoms with Gasteiger partial charge in [0.1, 0.15) is 12.9 Å². The van der Waals surface area contributed by atoms with E-state index in [1.165, 1.54) is 22.3 Å². The molecule has 0 saturated carbocycles. The molecule has 0 aromatic carbocycles. The third kappa shape index (κ3) is 3.07. The maximum Gasteiger partial charge on any atom is 0.264 e. The molecule has 2 aromatic heterocycles. The van der Waals surface area contributed by atoms with Crippen LogP contribution in [0.4, 0.5) is 0 Å². The fraction of sp³-hybridized carbons (Fsp3) is 0.417. The van der Waals surface area contributed by atoms with Crippen LogP contribution >= 0.6 is 11.3 Å². The van der Waals surface area contributed by atoms with Crippen molar-refractivity contribution in [2.45, 2.75) is 6.54 Å². The van der Waals surface area contributed by atoms with Crippen LogP contribution in [0.3, 0.4) is 0 Å². The lowest BCUT2D eigenvalue weighted by molar-refractivity contribution is -0.133. The van der Waals surface area contributed by atoms with E-state index < -0.39 is 0 Å². The Bertz CT molecular complexity index is 604. The number of hydrogen-bond donors (Lipinski definition) is 0. The van der Waals surface area contributed by atoms with Gasteiger partial charge >= 0.3 is 0 Å². The summed E-state index contributed by atoms with van der Waals surface area (Å²) in [6.07, 6.45) is 1.41. The Morgan fingerprint density at radius 1 is 1.19 bits per heavy atom. The molecule has 3 rings (SSSR count). The Balaban J connectivity index is 1.53. The van der Waals surface area contributed by atoms with Crippen molar-refractivity contribution in [2.75, 3.05) is 26.2 Å². The van der Waals surface area contributed by atoms with Gasteiger partial charge in [-0.25, -0.2) is 4.68 Å². The molecule has 3 heterocycles. The summed E-state index contributed by atoms with van der Waals surface area (Å²) in [5, 5.41) is 12.5. The average molecular weight is 306 g/mol. The van der Waals surface area contributed by atoms with Crippen molar-refractivity contribution in [1.29, 1.82) is 0 Å². The van der Waals surface area contributed by atoms with Gasteiger partial charge in [0.15, 0.2) is 0 Å². The molecule has 0 N–H and O–H groups in total. The molecule has 0 bridgehead atoms. The predicted octanol–water partition coefficient (Wildman–Crippen LogP) is -0.281. The Labute approximate surface area is 125 Å². The van der Waals surface area contributed by atoms with Gasteiger partial charge in [0.2, 0.25) is 5.91 Å². The second-order valence-electron chi connectivity index (χ2n) is 4.66. The predicted molar refractivity (Wildman–Crippen MR) is 74.6 cm³/mol. The molecule has 110 valence electrons. The zero-order valence-electron chi connectivity index (χ0n) is 11.3. The first-order chi connectivity index (χ1) is 10.2. The van der Waals surface area contributed by atoms with E-state index in [0.717, 1.165) is 4.88 Å². The highest BCUT2D eigenvalue weighted by Crippen LogP contribution is 2.14. The summed E-state index contributed by atoms with van der Waals surface area (Å²) >= 11 is 1.44. The van der Waals surface area contributed by atoms with E-state index in [1.807, 2.05) is 17.5 Å². The summed E-state index contributed by atoms with van der Waals surface area (Å²) in [4.78, 5) is 28.5. The van der Waals surface area contributed by atoms with Gasteiger partial charge in [0.25, 0.3) is 5.91 Å². The normalized spacial score (nSPS) is 15.2. The minimum atomic E-state index is -0.0366. The maximum atomic E-state index is 12.2. The van der Waals surface area contributed by atoms with Crippen molar-refractivity contribution in [3.8, 4) is 0 Å². The highest BCUT2D eigenvalue weighted by Gasteiger charge is 2.25. The summed E-state index contributed by atoms with van der Waals surface area (Å²) < 4.78 is 1.39. The summed E-state index contributed by atoms with van der Waals surface area (Å²) in [5.41, 5.74) is 0. The van der Waals surface area contributed by atoms with Crippen LogP contribution in [0.25, 0.3) is 0 Å². The molecular weight excluding hydrogens is 292 g/mol. The van der Waals surface area contributed by atoms with Crippen LogP contribution in [-0.4, -0.2) is 68.0 Å². The average Bonchev–Trinajstić information content (AvgIpc) is 3.20. The lowest BCUT2D eigenvalue weighted by atomic mass is 10.3. The number of tetrazole rings is 1. The van der Waals surface area contributed by atoms with Crippen LogP contribution in [0.5, 0.6) is 0 Å². The van der Waals surface area contributed by atoms with E-state index in [9.17, 15) is 9.59 Å². The molecule has 1 saturated heterocycles. The Morgan fingerprint density at radius 2 is 1.95 bits per heavy atom. The van der Waals surface area contributed by atoms with E-state index >= 15 is 0 Å². The zero-order valence-corrected chi connectivity index (χ0v) is 12.1. The third-order valence-electron chi connectivity index (χ3n) is 3.34. The maximum absolute atomic E-state index is 12.2. The van der Waals surface area contributed by atoms with Crippen LogP contribution in [-0.2, 0) is 11.3 Å². The second kappa shape index (κ2) is 6.00. The summed E-state index contributed by atoms with van der Waals surface area (Å²) in [7, 11) is 0. The van der Waals surface area contributed by atoms with Crippen molar-refractivity contribution in [1.82, 2.24) is 30.0 Å². The van der Waals surface area contributed by atoms with Crippen molar-refractivity contribution < 1.29 is 9.59 Å². The van der Waals surface area contributed by atoms with Gasteiger partial charge in [0, 0.05) is 26.2 Å². The molecule has 1 aliphatic heterocycles. The first-order valence-corrected chi connectivity index (χ1v) is 7.43. The monoisotopic (exact) mass is 306 g/mol. The van der Waals surface area contributed by atoms with Gasteiger partial charge in [-0.1, -0.05) is 6.07 Å². The molecule has 2 amide bonds. The number of nitrogens with zero attached hydrogens (tertiary/aromatic N) is 6. The third-order valence-corrected chi connectivity index (χ3v) is 4.20. The Morgan fingerprint density at radius 3 is 2.57 bits per heavy atom. The smallest absolute Gasteiger partial charge is 0.264 e. The van der Waals surface area contributed by atoms with Crippen LogP contribution in [0, 0.1) is 0 Å². The topological polar surface area (TPSA) is 84.2 Å². The number of rotatable bonds is 3. The number of hydrogen-bond acceptors (Lipinski definition) is 6. The largest absolute Gasteiger partial charge is 0.338 e. The highest BCUT2D eigenvalue weighted by molar-refractivity contribution is 7.12. The molecule has 0 spiro atoms. The Kier molecular flexibility index (Phi) is 3.91. The fourth-order valence-electron chi connectivity index (χ4n) is 2.21. The van der Waals surface area contributed by atoms with Gasteiger partial charge in [-0.15, -0.1) is 16.4 Å². The lowest BCUT2D eigenvalue weighted by Gasteiger charge is -2.34. The van der Waals surface area contributed by atoms with Gasteiger partial charge < -0.3 is 9.80 Å². The molecule has 8 nitrogen and oxygen atoms in total. The molecule has 1 aliphatic rings. The van der Waals surface area contributed by atoms with E-state index in [-0.39, 0.29) is 18.4 Å². The SMILES string of the molecule is O=C(Cn1cnnn1)N1CCN(C(=O)c2cccs2)CC1. The van der Waals surface area contributed by atoms with Gasteiger partial charge in [-0.3, -0.25) is 9.59 Å². The molecule has 21 heavy (non-hydrogen) atoms. The van der Waals surface area contributed by atoms with E-state index in [4.69, 9.17) is 0 Å². The lowest BCUT2D eigenvalue weighted by Crippen LogP contribution is -2.51. The van der Waals surface area contributed by atoms with Gasteiger partial charge in [-0.05, 0) is 21.9 Å². The number of carbonyl (C=O) groups is 2. The summed E-state index contributed by atoms with van der Waals surface area (Å²) in [5.74, 6) is 0.00287. The van der Waals surface area contributed by atoms with Crippen molar-refractivity contribution in [3.63, 3.8) is 0 Å². The first-order valence-electron chi connectivity index (χ1n) is 6.55. The highest BCUT2D eigenvalue weighted by atomic mass is 32.1. The number of thiophene rings is 1. The van der Waals surface area contributed by atoms with Crippen LogP contribution < -0.4 is 0 Å². The molecule has 0 atom stereocenters. The van der Waals surface area contributed by atoms with Crippen LogP contribution in [0.15, 0.2) is 23.8 Å². The summed E-state index contributed by atoms with van der Waals surface area (Å²) in [6.45, 7) is 2.32. The van der Waals surface area contributed by atoms with Crippen molar-refractivity contribution >= 4 is 23.2 Å². The van der Waals surface area contributed by atoms with Crippen LogP contribution in [0.2, 0.25) is 0 Å². The van der Waals surface area contributed by atoms with E-state index in [1.54, 1.807) is 9.80 Å². The number of aromatic nitrogens is 4. The van der Waals surface area contributed by atoms with Gasteiger partial charge in [0.05, 0.1) is 4.88 Å². The Hall–Kier alpha value is -2.29. The zero-order chi connectivity index (χ0) is 14.7. The molecule has 0 aliphatic carbocycles. The van der Waals surface area contributed by atoms with Gasteiger partial charge in [-0.2, -0.15) is 0 Å². The van der Waals surface area contributed by atoms with Crippen LogP contribution in [0.1, 0.15) is 9.67 Å². The molecule has 0 radical (unpaired) electrons. The fourth-order valence-corrected chi connectivity index (χ4v) is 2.90. The quantitative estimate of drug-likeness (QED) is 0.778. The minimum absolute atomic E-state index is 0.0366. The number of piperazine rings is 1. The standard InChI is InChI=1S/C12H14N6O2S/c19-11(8-18-9-13-14-15-18)16-3-5-17(6-4-16)12(20)10-2-1-7-21-10/h1-2,7,9H,3-6,8H2.